The van der Waals surface area contributed by atoms with Crippen molar-refractivity contribution in [2.45, 2.75) is 5.92 Å². The third-order valence-corrected chi connectivity index (χ3v) is 15.4. The summed E-state index contributed by atoms with van der Waals surface area (Å²) in [6, 6.07) is 83.0. The van der Waals surface area contributed by atoms with Gasteiger partial charge in [-0.15, -0.1) is 0 Å². The molecule has 0 N–H and O–H groups in total. The number of benzene rings is 10. The molecule has 1 unspecified atom stereocenters. The maximum Gasteiger partial charge on any atom is 0.166 e. The smallest absolute Gasteiger partial charge is 0.166 e. The number of fused-ring (bicyclic) bond motifs is 12. The van der Waals surface area contributed by atoms with Crippen LogP contribution in [0, 0.1) is 0 Å². The van der Waals surface area contributed by atoms with Crippen molar-refractivity contribution in [1.29, 1.82) is 0 Å². The Hall–Kier alpha value is -10.2. The number of hydrogen-bond acceptors (Lipinski definition) is 6. The minimum Gasteiger partial charge on any atom is -0.456 e. The molecule has 0 saturated carbocycles. The van der Waals surface area contributed by atoms with E-state index in [2.05, 4.69) is 180 Å². The molecule has 0 spiro atoms. The van der Waals surface area contributed by atoms with Gasteiger partial charge in [-0.05, 0) is 112 Å². The van der Waals surface area contributed by atoms with Crippen molar-refractivity contribution >= 4 is 65.7 Å². The summed E-state index contributed by atoms with van der Waals surface area (Å²) in [5.74, 6) is 1.78. The molecule has 354 valence electrons. The monoisotopic (exact) mass is 971 g/mol. The van der Waals surface area contributed by atoms with Gasteiger partial charge in [-0.25, -0.2) is 15.0 Å². The Morgan fingerprint density at radius 2 is 0.908 bits per heavy atom. The number of nitrogens with zero attached hydrogens (tertiary/aromatic N) is 5. The van der Waals surface area contributed by atoms with E-state index in [9.17, 15) is 0 Å². The van der Waals surface area contributed by atoms with E-state index in [1.807, 2.05) is 66.9 Å². The molecule has 10 aromatic carbocycles. The highest BCUT2D eigenvalue weighted by molar-refractivity contribution is 6.17. The molecular formula is C69H41N5O2. The van der Waals surface area contributed by atoms with Gasteiger partial charge in [-0.3, -0.25) is 4.98 Å². The molecule has 1 atom stereocenters. The van der Waals surface area contributed by atoms with Gasteiger partial charge in [0.05, 0.1) is 16.7 Å². The molecule has 15 aromatic rings. The van der Waals surface area contributed by atoms with Crippen molar-refractivity contribution in [2.75, 3.05) is 0 Å². The maximum atomic E-state index is 6.69. The number of hydrogen-bond donors (Lipinski definition) is 0. The van der Waals surface area contributed by atoms with Crippen molar-refractivity contribution in [3.8, 4) is 73.4 Å². The molecule has 16 rings (SSSR count). The second-order valence-corrected chi connectivity index (χ2v) is 19.7. The Labute approximate surface area is 435 Å². The Balaban J connectivity index is 0.897. The van der Waals surface area contributed by atoms with Gasteiger partial charge in [-0.2, -0.15) is 0 Å². The van der Waals surface area contributed by atoms with Gasteiger partial charge in [0.15, 0.2) is 17.5 Å². The Bertz CT molecular complexity index is 4750. The summed E-state index contributed by atoms with van der Waals surface area (Å²) >= 11 is 0. The standard InChI is InChI=1S/C69H41N5O2/c1-5-17-41(18-6-1)65-50-27-14-13-25-48(50)51-38-63-55(36-57(51)65)53-33-44(29-31-61(53)75-63)46-35-58(69-72-67(42-19-7-2-8-20-42)71-68(73-69)43-21-9-3-10-22-43)66(70-40-46)45-30-32-62-54(34-45)56-37-60-52(39-64(56)76-62)49-26-15-16-28-59(49)74(60)47-23-11-4-12-24-47/h1-40,65H. The summed E-state index contributed by atoms with van der Waals surface area (Å²) in [5, 5.41) is 6.44. The van der Waals surface area contributed by atoms with Crippen molar-refractivity contribution < 1.29 is 8.83 Å². The Kier molecular flexibility index (Phi) is 9.26. The molecule has 1 aliphatic carbocycles. The van der Waals surface area contributed by atoms with E-state index >= 15 is 0 Å². The molecular weight excluding hydrogens is 931 g/mol. The first kappa shape index (κ1) is 42.3. The van der Waals surface area contributed by atoms with Crippen LogP contribution in [0.15, 0.2) is 252 Å². The van der Waals surface area contributed by atoms with Crippen LogP contribution >= 0.6 is 0 Å². The normalized spacial score (nSPS) is 13.1. The summed E-state index contributed by atoms with van der Waals surface area (Å²) in [5.41, 5.74) is 19.1. The van der Waals surface area contributed by atoms with Crippen molar-refractivity contribution in [1.82, 2.24) is 24.5 Å². The predicted molar refractivity (Wildman–Crippen MR) is 307 cm³/mol. The van der Waals surface area contributed by atoms with Crippen LogP contribution in [0.1, 0.15) is 22.6 Å². The highest BCUT2D eigenvalue weighted by Gasteiger charge is 2.31. The van der Waals surface area contributed by atoms with Crippen LogP contribution in [0.5, 0.6) is 0 Å². The van der Waals surface area contributed by atoms with Crippen LogP contribution in [-0.4, -0.2) is 24.5 Å². The fraction of sp³-hybridized carbons (Fsp3) is 0.0145. The number of aromatic nitrogens is 5. The van der Waals surface area contributed by atoms with Crippen LogP contribution in [0.2, 0.25) is 0 Å². The summed E-state index contributed by atoms with van der Waals surface area (Å²) in [6.45, 7) is 0. The third-order valence-electron chi connectivity index (χ3n) is 15.4. The lowest BCUT2D eigenvalue weighted by molar-refractivity contribution is 0.669. The number of para-hydroxylation sites is 2. The van der Waals surface area contributed by atoms with Crippen LogP contribution in [0.25, 0.3) is 139 Å². The summed E-state index contributed by atoms with van der Waals surface area (Å²) in [7, 11) is 0. The minimum absolute atomic E-state index is 0.118. The van der Waals surface area contributed by atoms with E-state index in [-0.39, 0.29) is 5.92 Å². The second-order valence-electron chi connectivity index (χ2n) is 19.7. The van der Waals surface area contributed by atoms with E-state index in [1.54, 1.807) is 0 Å². The average Bonchev–Trinajstić information content (AvgIpc) is 4.27. The largest absolute Gasteiger partial charge is 0.456 e. The topological polar surface area (TPSA) is 82.8 Å². The minimum atomic E-state index is 0.118. The summed E-state index contributed by atoms with van der Waals surface area (Å²) in [6.07, 6.45) is 1.97. The van der Waals surface area contributed by atoms with Crippen LogP contribution in [0.4, 0.5) is 0 Å². The molecule has 0 bridgehead atoms. The van der Waals surface area contributed by atoms with E-state index in [0.29, 0.717) is 17.5 Å². The molecule has 0 amide bonds. The zero-order valence-electron chi connectivity index (χ0n) is 40.7. The van der Waals surface area contributed by atoms with Gasteiger partial charge >= 0.3 is 0 Å². The lowest BCUT2D eigenvalue weighted by atomic mass is 9.89. The summed E-state index contributed by atoms with van der Waals surface area (Å²) in [4.78, 5) is 21.0. The number of furan rings is 2. The first-order chi connectivity index (χ1) is 37.6. The summed E-state index contributed by atoms with van der Waals surface area (Å²) < 4.78 is 15.7. The molecule has 0 fully saturated rings. The van der Waals surface area contributed by atoms with Gasteiger partial charge in [0, 0.05) is 77.9 Å². The zero-order valence-corrected chi connectivity index (χ0v) is 40.7. The highest BCUT2D eigenvalue weighted by atomic mass is 16.3. The zero-order chi connectivity index (χ0) is 49.8. The van der Waals surface area contributed by atoms with Crippen LogP contribution in [0.3, 0.4) is 0 Å². The van der Waals surface area contributed by atoms with Gasteiger partial charge in [0.2, 0.25) is 0 Å². The molecule has 76 heavy (non-hydrogen) atoms. The lowest BCUT2D eigenvalue weighted by Crippen LogP contribution is -2.02. The molecule has 0 aliphatic heterocycles. The number of pyridine rings is 1. The third kappa shape index (κ3) is 6.62. The van der Waals surface area contributed by atoms with Gasteiger partial charge in [-0.1, -0.05) is 158 Å². The predicted octanol–water partition coefficient (Wildman–Crippen LogP) is 17.7. The van der Waals surface area contributed by atoms with E-state index in [1.165, 1.54) is 33.2 Å². The first-order valence-corrected chi connectivity index (χ1v) is 25.6. The van der Waals surface area contributed by atoms with Gasteiger partial charge in [0.1, 0.15) is 22.3 Å². The first-order valence-electron chi connectivity index (χ1n) is 25.6. The molecule has 7 heteroatoms. The van der Waals surface area contributed by atoms with Crippen molar-refractivity contribution in [3.05, 3.63) is 259 Å². The molecule has 0 radical (unpaired) electrons. The fourth-order valence-corrected chi connectivity index (χ4v) is 11.9. The second kappa shape index (κ2) is 16.6. The highest BCUT2D eigenvalue weighted by Crippen LogP contribution is 2.51. The van der Waals surface area contributed by atoms with Crippen molar-refractivity contribution in [2.24, 2.45) is 0 Å². The van der Waals surface area contributed by atoms with Crippen LogP contribution in [-0.2, 0) is 0 Å². The van der Waals surface area contributed by atoms with E-state index < -0.39 is 0 Å². The number of rotatable bonds is 7. The molecule has 0 saturated heterocycles. The van der Waals surface area contributed by atoms with Crippen molar-refractivity contribution in [3.63, 3.8) is 0 Å². The maximum absolute atomic E-state index is 6.69. The van der Waals surface area contributed by atoms with E-state index in [4.69, 9.17) is 28.8 Å². The molecule has 1 aliphatic rings. The SMILES string of the molecule is c1ccc(-c2nc(-c3ccccc3)nc(-c3cc(-c4ccc5oc6cc7c(cc6c5c4)C(c4ccccc4)c4ccccc4-7)cnc3-c3ccc4oc5cc6c7ccccc7n(-c7ccccc7)c6cc5c4c3)n2)cc1. The average molecular weight is 972 g/mol. The molecule has 5 aromatic heterocycles. The van der Waals surface area contributed by atoms with Crippen LogP contribution < -0.4 is 0 Å². The molecule has 7 nitrogen and oxygen atoms in total. The molecule has 5 heterocycles. The quantitative estimate of drug-likeness (QED) is 0.158. The lowest BCUT2D eigenvalue weighted by Gasteiger charge is -2.14. The van der Waals surface area contributed by atoms with Gasteiger partial charge in [0.25, 0.3) is 0 Å². The Morgan fingerprint density at radius 1 is 0.329 bits per heavy atom. The van der Waals surface area contributed by atoms with Gasteiger partial charge < -0.3 is 13.4 Å². The van der Waals surface area contributed by atoms with E-state index in [0.717, 1.165) is 105 Å². The Morgan fingerprint density at radius 3 is 1.64 bits per heavy atom. The fourth-order valence-electron chi connectivity index (χ4n) is 11.9.